The molecule has 3 N–H and O–H groups in total. The number of nitrogens with one attached hydrogen (secondary N) is 1. The Morgan fingerprint density at radius 3 is 2.60 bits per heavy atom. The van der Waals surface area contributed by atoms with Gasteiger partial charge in [0.05, 0.1) is 17.8 Å². The Morgan fingerprint density at radius 1 is 1.11 bits per heavy atom. The van der Waals surface area contributed by atoms with Crippen LogP contribution in [0.3, 0.4) is 0 Å². The van der Waals surface area contributed by atoms with Crippen LogP contribution >= 0.6 is 11.3 Å². The van der Waals surface area contributed by atoms with E-state index >= 15 is 0 Å². The highest BCUT2D eigenvalue weighted by Crippen LogP contribution is 2.29. The van der Waals surface area contributed by atoms with Gasteiger partial charge >= 0.3 is 11.9 Å². The summed E-state index contributed by atoms with van der Waals surface area (Å²) in [4.78, 5) is 22.6. The lowest BCUT2D eigenvalue weighted by atomic mass is 10.2. The number of carbonyl (C=O) groups is 2. The Labute approximate surface area is 205 Å². The molecule has 0 aliphatic heterocycles. The Morgan fingerprint density at radius 2 is 1.91 bits per heavy atom. The minimum atomic E-state index is -1.82. The van der Waals surface area contributed by atoms with E-state index < -0.39 is 11.9 Å². The van der Waals surface area contributed by atoms with Gasteiger partial charge in [0.1, 0.15) is 12.4 Å². The van der Waals surface area contributed by atoms with Crippen molar-refractivity contribution in [1.82, 2.24) is 24.9 Å². The van der Waals surface area contributed by atoms with Gasteiger partial charge in [0.2, 0.25) is 0 Å². The Kier molecular flexibility index (Phi) is 9.09. The fourth-order valence-electron chi connectivity index (χ4n) is 3.06. The first-order valence-electron chi connectivity index (χ1n) is 10.5. The molecule has 0 fully saturated rings. The predicted molar refractivity (Wildman–Crippen MR) is 128 cm³/mol. The monoisotopic (exact) mass is 499 g/mol. The number of nitrogens with zero attached hydrogens (tertiary/aromatic N) is 4. The summed E-state index contributed by atoms with van der Waals surface area (Å²) in [7, 11) is 1.66. The van der Waals surface area contributed by atoms with Crippen molar-refractivity contribution in [2.24, 2.45) is 0 Å². The molecule has 4 aromatic rings. The van der Waals surface area contributed by atoms with Gasteiger partial charge in [-0.25, -0.2) is 14.6 Å². The number of carboxylic acid groups (broad SMARTS) is 2. The number of aryl methyl sites for hydroxylation is 1. The highest BCUT2D eigenvalue weighted by molar-refractivity contribution is 7.09. The van der Waals surface area contributed by atoms with Crippen LogP contribution in [0, 0.1) is 6.92 Å². The summed E-state index contributed by atoms with van der Waals surface area (Å²) in [5.74, 6) is -1.26. The smallest absolute Gasteiger partial charge is 0.414 e. The summed E-state index contributed by atoms with van der Waals surface area (Å²) in [6.45, 7) is 3.96. The molecule has 184 valence electrons. The molecule has 0 saturated heterocycles. The van der Waals surface area contributed by atoms with Crippen LogP contribution in [0.4, 0.5) is 0 Å². The van der Waals surface area contributed by atoms with Crippen molar-refractivity contribution in [3.8, 4) is 11.5 Å². The minimum absolute atomic E-state index is 0.435. The van der Waals surface area contributed by atoms with Crippen molar-refractivity contribution in [2.75, 3.05) is 13.7 Å². The average molecular weight is 500 g/mol. The number of ether oxygens (including phenoxy) is 2. The van der Waals surface area contributed by atoms with Crippen molar-refractivity contribution in [3.05, 3.63) is 70.1 Å². The molecule has 0 aliphatic carbocycles. The molecule has 0 aliphatic rings. The van der Waals surface area contributed by atoms with Crippen molar-refractivity contribution in [1.29, 1.82) is 0 Å². The lowest BCUT2D eigenvalue weighted by Crippen LogP contribution is -2.17. The Hall–Kier alpha value is -4.03. The maximum atomic E-state index is 9.10. The fraction of sp³-hybridized carbons (Fsp3) is 0.261. The molecule has 11 nitrogen and oxygen atoms in total. The quantitative estimate of drug-likeness (QED) is 0.232. The number of benzene rings is 1. The summed E-state index contributed by atoms with van der Waals surface area (Å²) < 4.78 is 13.4. The summed E-state index contributed by atoms with van der Waals surface area (Å²) in [5, 5.41) is 29.7. The van der Waals surface area contributed by atoms with E-state index in [4.69, 9.17) is 29.3 Å². The summed E-state index contributed by atoms with van der Waals surface area (Å²) in [6, 6.07) is 11.9. The van der Waals surface area contributed by atoms with E-state index in [1.165, 1.54) is 0 Å². The zero-order valence-corrected chi connectivity index (χ0v) is 20.0. The number of hydrogen-bond donors (Lipinski definition) is 3. The number of thiazole rings is 1. The van der Waals surface area contributed by atoms with Gasteiger partial charge in [-0.05, 0) is 36.8 Å². The molecule has 4 rings (SSSR count). The molecular formula is C23H25N5O6S. The van der Waals surface area contributed by atoms with Gasteiger partial charge in [-0.15, -0.1) is 21.5 Å². The SMILES string of the molecule is COc1cc(CNCCc2nnc3ccccn23)ccc1OCc1csc(C)n1.O=C(O)C(=O)O. The first kappa shape index (κ1) is 25.6. The third-order valence-corrected chi connectivity index (χ3v) is 5.51. The number of pyridine rings is 1. The van der Waals surface area contributed by atoms with Gasteiger partial charge in [0.15, 0.2) is 17.1 Å². The standard InChI is InChI=1S/C21H23N5O2S.C2H2O4/c1-15-23-17(14-29-15)13-28-18-7-6-16(11-19(18)27-2)12-22-9-8-21-25-24-20-5-3-4-10-26(20)21;3-1(4)2(5)6/h3-7,10-11,14,22H,8-9,12-13H2,1-2H3;(H,3,4)(H,5,6). The third-order valence-electron chi connectivity index (χ3n) is 4.69. The number of fused-ring (bicyclic) bond motifs is 1. The Bertz CT molecular complexity index is 1280. The van der Waals surface area contributed by atoms with Crippen molar-refractivity contribution < 1.29 is 29.3 Å². The van der Waals surface area contributed by atoms with Gasteiger partial charge < -0.3 is 25.0 Å². The van der Waals surface area contributed by atoms with Crippen molar-refractivity contribution in [3.63, 3.8) is 0 Å². The number of aliphatic carboxylic acids is 2. The van der Waals surface area contributed by atoms with Crippen LogP contribution in [-0.2, 0) is 29.2 Å². The molecule has 0 bridgehead atoms. The fourth-order valence-corrected chi connectivity index (χ4v) is 3.66. The van der Waals surface area contributed by atoms with E-state index in [1.54, 1.807) is 18.4 Å². The molecule has 3 heterocycles. The highest BCUT2D eigenvalue weighted by atomic mass is 32.1. The van der Waals surface area contributed by atoms with E-state index in [0.717, 1.165) is 58.7 Å². The molecule has 3 aromatic heterocycles. The summed E-state index contributed by atoms with van der Waals surface area (Å²) in [5.41, 5.74) is 2.93. The molecule has 1 aromatic carbocycles. The van der Waals surface area contributed by atoms with Crippen LogP contribution in [0.15, 0.2) is 48.0 Å². The van der Waals surface area contributed by atoms with Gasteiger partial charge in [0.25, 0.3) is 0 Å². The maximum absolute atomic E-state index is 9.10. The first-order valence-corrected chi connectivity index (χ1v) is 11.4. The molecule has 0 spiro atoms. The van der Waals surface area contributed by atoms with Crippen LogP contribution in [0.25, 0.3) is 5.65 Å². The second kappa shape index (κ2) is 12.4. The van der Waals surface area contributed by atoms with Gasteiger partial charge in [-0.1, -0.05) is 12.1 Å². The van der Waals surface area contributed by atoms with E-state index in [9.17, 15) is 0 Å². The molecule has 0 unspecified atom stereocenters. The molecule has 0 saturated carbocycles. The molecule has 0 atom stereocenters. The number of rotatable bonds is 9. The highest BCUT2D eigenvalue weighted by Gasteiger charge is 2.08. The van der Waals surface area contributed by atoms with Crippen LogP contribution in [0.2, 0.25) is 0 Å². The number of hydrogen-bond acceptors (Lipinski definition) is 9. The first-order chi connectivity index (χ1) is 16.9. The molecule has 12 heteroatoms. The van der Waals surface area contributed by atoms with Crippen molar-refractivity contribution in [2.45, 2.75) is 26.5 Å². The van der Waals surface area contributed by atoms with E-state index in [2.05, 4.69) is 20.5 Å². The zero-order valence-electron chi connectivity index (χ0n) is 19.2. The molecule has 0 amide bonds. The van der Waals surface area contributed by atoms with Crippen LogP contribution in [-0.4, -0.2) is 55.4 Å². The molecule has 35 heavy (non-hydrogen) atoms. The number of carboxylic acids is 2. The van der Waals surface area contributed by atoms with Crippen LogP contribution in [0.1, 0.15) is 22.1 Å². The van der Waals surface area contributed by atoms with Crippen LogP contribution < -0.4 is 14.8 Å². The topological polar surface area (TPSA) is 148 Å². The van der Waals surface area contributed by atoms with Gasteiger partial charge in [-0.2, -0.15) is 0 Å². The third kappa shape index (κ3) is 7.48. The van der Waals surface area contributed by atoms with E-state index in [-0.39, 0.29) is 0 Å². The second-order valence-corrected chi connectivity index (χ2v) is 8.28. The predicted octanol–water partition coefficient (Wildman–Crippen LogP) is 2.57. The molecule has 0 radical (unpaired) electrons. The van der Waals surface area contributed by atoms with E-state index in [1.807, 2.05) is 59.3 Å². The van der Waals surface area contributed by atoms with Crippen LogP contribution in [0.5, 0.6) is 11.5 Å². The number of methoxy groups -OCH3 is 1. The number of aromatic nitrogens is 4. The largest absolute Gasteiger partial charge is 0.493 e. The van der Waals surface area contributed by atoms with Gasteiger partial charge in [-0.3, -0.25) is 4.40 Å². The average Bonchev–Trinajstić information content (AvgIpc) is 3.47. The lowest BCUT2D eigenvalue weighted by molar-refractivity contribution is -0.159. The minimum Gasteiger partial charge on any atom is -0.493 e. The normalized spacial score (nSPS) is 10.5. The summed E-state index contributed by atoms with van der Waals surface area (Å²) >= 11 is 1.62. The van der Waals surface area contributed by atoms with E-state index in [0.29, 0.717) is 6.61 Å². The summed E-state index contributed by atoms with van der Waals surface area (Å²) in [6.07, 6.45) is 2.79. The Balaban J connectivity index is 0.000000509. The van der Waals surface area contributed by atoms with Gasteiger partial charge in [0, 0.05) is 31.1 Å². The lowest BCUT2D eigenvalue weighted by Gasteiger charge is -2.12. The second-order valence-electron chi connectivity index (χ2n) is 7.21. The zero-order chi connectivity index (χ0) is 25.2. The molecular weight excluding hydrogens is 474 g/mol. The van der Waals surface area contributed by atoms with Crippen molar-refractivity contribution >= 4 is 28.9 Å². The maximum Gasteiger partial charge on any atom is 0.414 e.